The van der Waals surface area contributed by atoms with Crippen molar-refractivity contribution < 1.29 is 18.7 Å². The number of Topliss-reactive ketones (excluding diaryl/α,β-unsaturated/α-hetero) is 1. The molecule has 92 valence electrons. The SMILES string of the molecule is CC(=O)c1cc(F)ccc1OC1CCOCC1. The van der Waals surface area contributed by atoms with Crippen LogP contribution in [-0.2, 0) is 4.74 Å². The summed E-state index contributed by atoms with van der Waals surface area (Å²) in [7, 11) is 0. The lowest BCUT2D eigenvalue weighted by Gasteiger charge is -2.24. The van der Waals surface area contributed by atoms with Crippen LogP contribution in [0.1, 0.15) is 30.1 Å². The molecule has 0 unspecified atom stereocenters. The Bertz CT molecular complexity index is 411. The number of halogens is 1. The molecule has 0 spiro atoms. The molecule has 0 aromatic heterocycles. The predicted molar refractivity (Wildman–Crippen MR) is 60.9 cm³/mol. The summed E-state index contributed by atoms with van der Waals surface area (Å²) in [4.78, 5) is 11.4. The van der Waals surface area contributed by atoms with Crippen LogP contribution in [0.2, 0.25) is 0 Å². The molecule has 1 aromatic rings. The molecule has 0 bridgehead atoms. The molecule has 0 radical (unpaired) electrons. The van der Waals surface area contributed by atoms with Gasteiger partial charge < -0.3 is 9.47 Å². The van der Waals surface area contributed by atoms with Crippen LogP contribution in [-0.4, -0.2) is 25.1 Å². The van der Waals surface area contributed by atoms with Crippen LogP contribution in [0.3, 0.4) is 0 Å². The van der Waals surface area contributed by atoms with Crippen molar-refractivity contribution in [2.75, 3.05) is 13.2 Å². The number of ketones is 1. The maximum atomic E-state index is 13.1. The van der Waals surface area contributed by atoms with Crippen molar-refractivity contribution in [3.63, 3.8) is 0 Å². The lowest BCUT2D eigenvalue weighted by Crippen LogP contribution is -2.26. The molecule has 0 aliphatic carbocycles. The average Bonchev–Trinajstić information content (AvgIpc) is 2.32. The Balaban J connectivity index is 2.16. The summed E-state index contributed by atoms with van der Waals surface area (Å²) in [5.41, 5.74) is 0.302. The number of benzene rings is 1. The van der Waals surface area contributed by atoms with Crippen molar-refractivity contribution in [3.05, 3.63) is 29.6 Å². The second-order valence-electron chi connectivity index (χ2n) is 4.13. The zero-order valence-electron chi connectivity index (χ0n) is 9.74. The minimum absolute atomic E-state index is 0.0484. The first-order valence-electron chi connectivity index (χ1n) is 5.71. The maximum absolute atomic E-state index is 13.1. The van der Waals surface area contributed by atoms with E-state index in [0.717, 1.165) is 12.8 Å². The number of hydrogen-bond donors (Lipinski definition) is 0. The fourth-order valence-corrected chi connectivity index (χ4v) is 1.85. The first-order chi connectivity index (χ1) is 8.16. The molecule has 0 amide bonds. The van der Waals surface area contributed by atoms with E-state index in [0.29, 0.717) is 24.5 Å². The zero-order chi connectivity index (χ0) is 12.3. The summed E-state index contributed by atoms with van der Waals surface area (Å²) in [6.45, 7) is 2.74. The van der Waals surface area contributed by atoms with Gasteiger partial charge in [0, 0.05) is 12.8 Å². The number of carbonyl (C=O) groups excluding carboxylic acids is 1. The Hall–Kier alpha value is -1.42. The number of ether oxygens (including phenoxy) is 2. The fraction of sp³-hybridized carbons (Fsp3) is 0.462. The van der Waals surface area contributed by atoms with Gasteiger partial charge in [0.15, 0.2) is 5.78 Å². The highest BCUT2D eigenvalue weighted by molar-refractivity contribution is 5.96. The highest BCUT2D eigenvalue weighted by Crippen LogP contribution is 2.24. The van der Waals surface area contributed by atoms with Gasteiger partial charge in [0.25, 0.3) is 0 Å². The van der Waals surface area contributed by atoms with Gasteiger partial charge in [-0.15, -0.1) is 0 Å². The van der Waals surface area contributed by atoms with E-state index < -0.39 is 5.82 Å². The summed E-state index contributed by atoms with van der Waals surface area (Å²) in [5, 5.41) is 0. The Labute approximate surface area is 99.5 Å². The molecule has 1 saturated heterocycles. The van der Waals surface area contributed by atoms with E-state index in [4.69, 9.17) is 9.47 Å². The van der Waals surface area contributed by atoms with Gasteiger partial charge in [-0.3, -0.25) is 4.79 Å². The van der Waals surface area contributed by atoms with Crippen molar-refractivity contribution in [1.82, 2.24) is 0 Å². The molecule has 3 nitrogen and oxygen atoms in total. The molecule has 0 N–H and O–H groups in total. The number of rotatable bonds is 3. The van der Waals surface area contributed by atoms with Gasteiger partial charge in [-0.05, 0) is 25.1 Å². The number of hydrogen-bond acceptors (Lipinski definition) is 3. The molecule has 0 saturated carbocycles. The summed E-state index contributed by atoms with van der Waals surface area (Å²) >= 11 is 0. The summed E-state index contributed by atoms with van der Waals surface area (Å²) in [6, 6.07) is 4.04. The van der Waals surface area contributed by atoms with Crippen LogP contribution in [0.4, 0.5) is 4.39 Å². The third-order valence-electron chi connectivity index (χ3n) is 2.78. The zero-order valence-corrected chi connectivity index (χ0v) is 9.74. The predicted octanol–water partition coefficient (Wildman–Crippen LogP) is 2.59. The summed E-state index contributed by atoms with van der Waals surface area (Å²) in [6.07, 6.45) is 1.65. The van der Waals surface area contributed by atoms with Gasteiger partial charge >= 0.3 is 0 Å². The second-order valence-corrected chi connectivity index (χ2v) is 4.13. The van der Waals surface area contributed by atoms with Gasteiger partial charge in [0.2, 0.25) is 0 Å². The van der Waals surface area contributed by atoms with Gasteiger partial charge in [-0.1, -0.05) is 0 Å². The van der Waals surface area contributed by atoms with Crippen molar-refractivity contribution in [2.45, 2.75) is 25.9 Å². The van der Waals surface area contributed by atoms with E-state index in [1.54, 1.807) is 0 Å². The fourth-order valence-electron chi connectivity index (χ4n) is 1.85. The molecule has 1 aliphatic heterocycles. The lowest BCUT2D eigenvalue weighted by molar-refractivity contribution is 0.0252. The van der Waals surface area contributed by atoms with E-state index >= 15 is 0 Å². The average molecular weight is 238 g/mol. The van der Waals surface area contributed by atoms with Gasteiger partial charge in [0.05, 0.1) is 18.8 Å². The molecule has 1 aliphatic rings. The molecule has 1 heterocycles. The largest absolute Gasteiger partial charge is 0.489 e. The van der Waals surface area contributed by atoms with Crippen molar-refractivity contribution in [3.8, 4) is 5.75 Å². The standard InChI is InChI=1S/C13H15FO3/c1-9(15)12-8-10(14)2-3-13(12)17-11-4-6-16-7-5-11/h2-3,8,11H,4-7H2,1H3. The van der Waals surface area contributed by atoms with Crippen molar-refractivity contribution >= 4 is 5.78 Å². The normalized spacial score (nSPS) is 16.8. The van der Waals surface area contributed by atoms with E-state index in [1.165, 1.54) is 25.1 Å². The first-order valence-corrected chi connectivity index (χ1v) is 5.71. The molecular formula is C13H15FO3. The van der Waals surface area contributed by atoms with Gasteiger partial charge in [0.1, 0.15) is 17.7 Å². The molecular weight excluding hydrogens is 223 g/mol. The Morgan fingerprint density at radius 3 is 2.76 bits per heavy atom. The molecule has 2 rings (SSSR count). The third-order valence-corrected chi connectivity index (χ3v) is 2.78. The highest BCUT2D eigenvalue weighted by atomic mass is 19.1. The minimum Gasteiger partial charge on any atom is -0.489 e. The second kappa shape index (κ2) is 5.27. The van der Waals surface area contributed by atoms with Crippen molar-refractivity contribution in [1.29, 1.82) is 0 Å². The Morgan fingerprint density at radius 1 is 1.41 bits per heavy atom. The summed E-state index contributed by atoms with van der Waals surface area (Å²) < 4.78 is 24.0. The molecule has 17 heavy (non-hydrogen) atoms. The quantitative estimate of drug-likeness (QED) is 0.759. The van der Waals surface area contributed by atoms with Crippen LogP contribution in [0.15, 0.2) is 18.2 Å². The van der Waals surface area contributed by atoms with E-state index in [1.807, 2.05) is 0 Å². The maximum Gasteiger partial charge on any atom is 0.163 e. The van der Waals surface area contributed by atoms with Crippen LogP contribution < -0.4 is 4.74 Å². The Morgan fingerprint density at radius 2 is 2.12 bits per heavy atom. The number of carbonyl (C=O) groups is 1. The lowest BCUT2D eigenvalue weighted by atomic mass is 10.1. The monoisotopic (exact) mass is 238 g/mol. The third kappa shape index (κ3) is 3.03. The van der Waals surface area contributed by atoms with Crippen LogP contribution in [0.25, 0.3) is 0 Å². The van der Waals surface area contributed by atoms with Gasteiger partial charge in [-0.25, -0.2) is 4.39 Å². The highest BCUT2D eigenvalue weighted by Gasteiger charge is 2.18. The van der Waals surface area contributed by atoms with Crippen molar-refractivity contribution in [2.24, 2.45) is 0 Å². The van der Waals surface area contributed by atoms with Crippen LogP contribution >= 0.6 is 0 Å². The van der Waals surface area contributed by atoms with E-state index in [2.05, 4.69) is 0 Å². The summed E-state index contributed by atoms with van der Waals surface area (Å²) in [5.74, 6) is -0.146. The Kier molecular flexibility index (Phi) is 3.74. The smallest absolute Gasteiger partial charge is 0.163 e. The van der Waals surface area contributed by atoms with Gasteiger partial charge in [-0.2, -0.15) is 0 Å². The molecule has 0 atom stereocenters. The first kappa shape index (κ1) is 12.0. The van der Waals surface area contributed by atoms with E-state index in [9.17, 15) is 9.18 Å². The van der Waals surface area contributed by atoms with Crippen LogP contribution in [0, 0.1) is 5.82 Å². The molecule has 1 fully saturated rings. The molecule has 1 aromatic carbocycles. The topological polar surface area (TPSA) is 35.5 Å². The molecule has 4 heteroatoms. The van der Waals surface area contributed by atoms with Crippen LogP contribution in [0.5, 0.6) is 5.75 Å². The van der Waals surface area contributed by atoms with E-state index in [-0.39, 0.29) is 11.9 Å². The minimum atomic E-state index is -0.422.